The van der Waals surface area contributed by atoms with Gasteiger partial charge in [-0.15, -0.1) is 0 Å². The standard InChI is InChI=1S/C14H21NO3S/c1-2-3-4-7-19(16)10-11-8-13-14(9-12(11)15)18-6-5-17-13/h8-9H,2-7,10,15H2,1H3. The van der Waals surface area contributed by atoms with E-state index in [0.717, 1.165) is 30.6 Å². The Hall–Kier alpha value is -1.23. The van der Waals surface area contributed by atoms with Crippen molar-refractivity contribution in [1.82, 2.24) is 0 Å². The lowest BCUT2D eigenvalue weighted by Gasteiger charge is -2.20. The molecule has 0 saturated carbocycles. The summed E-state index contributed by atoms with van der Waals surface area (Å²) >= 11 is 0. The first-order chi connectivity index (χ1) is 9.20. The van der Waals surface area contributed by atoms with Gasteiger partial charge in [0.15, 0.2) is 11.5 Å². The number of benzene rings is 1. The highest BCUT2D eigenvalue weighted by Crippen LogP contribution is 2.34. The number of ether oxygens (including phenoxy) is 2. The first-order valence-electron chi connectivity index (χ1n) is 6.73. The van der Waals surface area contributed by atoms with Gasteiger partial charge in [0, 0.05) is 28.3 Å². The zero-order chi connectivity index (χ0) is 13.7. The van der Waals surface area contributed by atoms with Crippen LogP contribution in [0.2, 0.25) is 0 Å². The van der Waals surface area contributed by atoms with Gasteiger partial charge in [0.25, 0.3) is 0 Å². The topological polar surface area (TPSA) is 61.6 Å². The van der Waals surface area contributed by atoms with Gasteiger partial charge in [-0.3, -0.25) is 4.21 Å². The molecule has 2 N–H and O–H groups in total. The predicted octanol–water partition coefficient (Wildman–Crippen LogP) is 2.48. The number of nitrogen functional groups attached to an aromatic ring is 1. The van der Waals surface area contributed by atoms with Gasteiger partial charge in [0.2, 0.25) is 0 Å². The molecule has 0 saturated heterocycles. The third kappa shape index (κ3) is 3.86. The zero-order valence-corrected chi connectivity index (χ0v) is 12.1. The summed E-state index contributed by atoms with van der Waals surface area (Å²) in [5, 5.41) is 0. The summed E-state index contributed by atoms with van der Waals surface area (Å²) in [6.45, 7) is 3.24. The van der Waals surface area contributed by atoms with Crippen LogP contribution in [0.25, 0.3) is 0 Å². The first-order valence-corrected chi connectivity index (χ1v) is 8.22. The third-order valence-corrected chi connectivity index (χ3v) is 4.47. The highest BCUT2D eigenvalue weighted by molar-refractivity contribution is 7.84. The van der Waals surface area contributed by atoms with Gasteiger partial charge in [0.05, 0.1) is 5.75 Å². The van der Waals surface area contributed by atoms with E-state index in [1.807, 2.05) is 6.07 Å². The molecule has 0 radical (unpaired) electrons. The predicted molar refractivity (Wildman–Crippen MR) is 78.1 cm³/mol. The maximum Gasteiger partial charge on any atom is 0.163 e. The summed E-state index contributed by atoms with van der Waals surface area (Å²) in [7, 11) is -0.860. The molecule has 0 aromatic heterocycles. The summed E-state index contributed by atoms with van der Waals surface area (Å²) in [5.74, 6) is 2.62. The van der Waals surface area contributed by atoms with Crippen LogP contribution in [0.3, 0.4) is 0 Å². The summed E-state index contributed by atoms with van der Waals surface area (Å²) in [4.78, 5) is 0. The summed E-state index contributed by atoms with van der Waals surface area (Å²) in [5.41, 5.74) is 7.50. The van der Waals surface area contributed by atoms with E-state index >= 15 is 0 Å². The molecule has 1 atom stereocenters. The molecule has 1 unspecified atom stereocenters. The lowest BCUT2D eigenvalue weighted by Crippen LogP contribution is -2.16. The van der Waals surface area contributed by atoms with Crippen LogP contribution in [0.1, 0.15) is 31.7 Å². The van der Waals surface area contributed by atoms with Gasteiger partial charge in [-0.05, 0) is 18.1 Å². The van der Waals surface area contributed by atoms with Gasteiger partial charge in [0.1, 0.15) is 13.2 Å². The molecule has 1 aromatic rings. The summed E-state index contributed by atoms with van der Waals surface area (Å²) in [6, 6.07) is 3.63. The van der Waals surface area contributed by atoms with Crippen LogP contribution in [0, 0.1) is 0 Å². The molecule has 19 heavy (non-hydrogen) atoms. The van der Waals surface area contributed by atoms with Crippen molar-refractivity contribution in [3.63, 3.8) is 0 Å². The van der Waals surface area contributed by atoms with E-state index in [2.05, 4.69) is 6.92 Å². The van der Waals surface area contributed by atoms with Crippen LogP contribution in [-0.2, 0) is 16.6 Å². The number of hydrogen-bond donors (Lipinski definition) is 1. The Bertz CT molecular complexity index is 462. The number of anilines is 1. The molecule has 0 bridgehead atoms. The van der Waals surface area contributed by atoms with Gasteiger partial charge >= 0.3 is 0 Å². The molecule has 2 rings (SSSR count). The molecule has 5 heteroatoms. The maximum atomic E-state index is 12.0. The van der Waals surface area contributed by atoms with Crippen molar-refractivity contribution >= 4 is 16.5 Å². The van der Waals surface area contributed by atoms with Crippen LogP contribution in [0.5, 0.6) is 11.5 Å². The fourth-order valence-electron chi connectivity index (χ4n) is 2.03. The summed E-state index contributed by atoms with van der Waals surface area (Å²) < 4.78 is 23.0. The van der Waals surface area contributed by atoms with E-state index in [-0.39, 0.29) is 0 Å². The zero-order valence-electron chi connectivity index (χ0n) is 11.3. The summed E-state index contributed by atoms with van der Waals surface area (Å²) in [6.07, 6.45) is 3.28. The number of hydrogen-bond acceptors (Lipinski definition) is 4. The number of nitrogens with two attached hydrogens (primary N) is 1. The van der Waals surface area contributed by atoms with Gasteiger partial charge in [-0.1, -0.05) is 19.8 Å². The largest absolute Gasteiger partial charge is 0.486 e. The molecule has 0 amide bonds. The molecule has 106 valence electrons. The molecular formula is C14H21NO3S. The van der Waals surface area contributed by atoms with E-state index in [0.29, 0.717) is 36.2 Å². The van der Waals surface area contributed by atoms with E-state index in [1.165, 1.54) is 0 Å². The quantitative estimate of drug-likeness (QED) is 0.643. The Morgan fingerprint density at radius 3 is 2.58 bits per heavy atom. The Morgan fingerprint density at radius 1 is 1.21 bits per heavy atom. The SMILES string of the molecule is CCCCCS(=O)Cc1cc2c(cc1N)OCCO2. The molecular weight excluding hydrogens is 262 g/mol. The van der Waals surface area contributed by atoms with Crippen molar-refractivity contribution in [3.8, 4) is 11.5 Å². The number of fused-ring (bicyclic) bond motifs is 1. The lowest BCUT2D eigenvalue weighted by atomic mass is 10.2. The minimum Gasteiger partial charge on any atom is -0.486 e. The molecule has 1 aromatic carbocycles. The molecule has 0 aliphatic carbocycles. The van der Waals surface area contributed by atoms with Crippen LogP contribution >= 0.6 is 0 Å². The Balaban J connectivity index is 2.01. The minimum absolute atomic E-state index is 0.492. The van der Waals surface area contributed by atoms with Crippen LogP contribution in [-0.4, -0.2) is 23.2 Å². The van der Waals surface area contributed by atoms with Crippen molar-refractivity contribution in [2.45, 2.75) is 31.9 Å². The Kier molecular flexibility index (Phi) is 5.07. The smallest absolute Gasteiger partial charge is 0.163 e. The average molecular weight is 283 g/mol. The molecule has 1 aliphatic heterocycles. The van der Waals surface area contributed by atoms with Crippen LogP contribution < -0.4 is 15.2 Å². The second-order valence-electron chi connectivity index (χ2n) is 4.69. The van der Waals surface area contributed by atoms with Crippen molar-refractivity contribution in [2.75, 3.05) is 24.7 Å². The molecule has 4 nitrogen and oxygen atoms in total. The maximum absolute atomic E-state index is 12.0. The third-order valence-electron chi connectivity index (χ3n) is 3.10. The van der Waals surface area contributed by atoms with Crippen LogP contribution in [0.4, 0.5) is 5.69 Å². The fourth-order valence-corrected chi connectivity index (χ4v) is 3.30. The number of rotatable bonds is 6. The van der Waals surface area contributed by atoms with Crippen molar-refractivity contribution in [3.05, 3.63) is 17.7 Å². The van der Waals surface area contributed by atoms with Crippen LogP contribution in [0.15, 0.2) is 12.1 Å². The molecule has 0 spiro atoms. The monoisotopic (exact) mass is 283 g/mol. The van der Waals surface area contributed by atoms with E-state index in [4.69, 9.17) is 15.2 Å². The van der Waals surface area contributed by atoms with Crippen molar-refractivity contribution in [2.24, 2.45) is 0 Å². The van der Waals surface area contributed by atoms with Crippen molar-refractivity contribution in [1.29, 1.82) is 0 Å². The minimum atomic E-state index is -0.860. The molecule has 1 aliphatic rings. The first kappa shape index (κ1) is 14.2. The Labute approximate surface area is 116 Å². The fraction of sp³-hybridized carbons (Fsp3) is 0.571. The van der Waals surface area contributed by atoms with Crippen molar-refractivity contribution < 1.29 is 13.7 Å². The molecule has 0 fully saturated rings. The van der Waals surface area contributed by atoms with E-state index in [9.17, 15) is 4.21 Å². The van der Waals surface area contributed by atoms with E-state index < -0.39 is 10.8 Å². The van der Waals surface area contributed by atoms with Gasteiger partial charge in [-0.25, -0.2) is 0 Å². The lowest BCUT2D eigenvalue weighted by molar-refractivity contribution is 0.171. The highest BCUT2D eigenvalue weighted by atomic mass is 32.2. The second-order valence-corrected chi connectivity index (χ2v) is 6.27. The molecule has 1 heterocycles. The average Bonchev–Trinajstić information content (AvgIpc) is 2.40. The normalized spacial score (nSPS) is 15.2. The van der Waals surface area contributed by atoms with E-state index in [1.54, 1.807) is 6.07 Å². The van der Waals surface area contributed by atoms with Gasteiger partial charge < -0.3 is 15.2 Å². The van der Waals surface area contributed by atoms with Gasteiger partial charge in [-0.2, -0.15) is 0 Å². The second kappa shape index (κ2) is 6.80. The highest BCUT2D eigenvalue weighted by Gasteiger charge is 2.15. The number of unbranched alkanes of at least 4 members (excludes halogenated alkanes) is 2. The Morgan fingerprint density at radius 2 is 1.89 bits per heavy atom.